The summed E-state index contributed by atoms with van der Waals surface area (Å²) in [6.45, 7) is 10.7. The van der Waals surface area contributed by atoms with Crippen LogP contribution in [-0.4, -0.2) is 27.7 Å². The Kier molecular flexibility index (Phi) is 5.63. The van der Waals surface area contributed by atoms with Crippen LogP contribution in [0.4, 0.5) is 0 Å². The van der Waals surface area contributed by atoms with Crippen molar-refractivity contribution in [3.05, 3.63) is 23.8 Å². The van der Waals surface area contributed by atoms with Crippen molar-refractivity contribution in [2.24, 2.45) is 40.4 Å². The summed E-state index contributed by atoms with van der Waals surface area (Å²) in [6.07, 6.45) is 14.5. The van der Waals surface area contributed by atoms with Crippen LogP contribution in [0.25, 0.3) is 0 Å². The summed E-state index contributed by atoms with van der Waals surface area (Å²) in [4.78, 5) is 11.9. The molecule has 2 N–H and O–H groups in total. The van der Waals surface area contributed by atoms with Crippen molar-refractivity contribution in [1.29, 1.82) is 0 Å². The lowest BCUT2D eigenvalue weighted by Crippen LogP contribution is -2.50. The molecule has 0 heterocycles. The predicted octanol–water partition coefficient (Wildman–Crippen LogP) is 5.46. The zero-order valence-electron chi connectivity index (χ0n) is 19.7. The van der Waals surface area contributed by atoms with Crippen molar-refractivity contribution in [3.63, 3.8) is 0 Å². The molecule has 3 saturated carbocycles. The first-order chi connectivity index (χ1) is 14.0. The number of hydrogen-bond acceptors (Lipinski definition) is 3. The minimum atomic E-state index is -1.02. The first-order valence-electron chi connectivity index (χ1n) is 12.3. The number of carbonyl (C=O) groups is 1. The van der Waals surface area contributed by atoms with E-state index < -0.39 is 11.7 Å². The van der Waals surface area contributed by atoms with Gasteiger partial charge in [0.1, 0.15) is 0 Å². The van der Waals surface area contributed by atoms with Gasteiger partial charge in [0, 0.05) is 5.41 Å². The molecule has 0 aromatic carbocycles. The van der Waals surface area contributed by atoms with E-state index in [1.807, 2.05) is 12.2 Å². The van der Waals surface area contributed by atoms with E-state index in [2.05, 4.69) is 26.8 Å². The van der Waals surface area contributed by atoms with E-state index in [0.29, 0.717) is 29.6 Å². The number of carbonyl (C=O) groups excluding carboxylic acids is 1. The average molecular weight is 415 g/mol. The van der Waals surface area contributed by atoms with Crippen LogP contribution in [0.5, 0.6) is 0 Å². The molecule has 3 heteroatoms. The number of aliphatic hydroxyl groups is 2. The van der Waals surface area contributed by atoms with Gasteiger partial charge in [-0.1, -0.05) is 32.4 Å². The zero-order valence-corrected chi connectivity index (χ0v) is 19.7. The molecule has 168 valence electrons. The molecule has 0 bridgehead atoms. The minimum absolute atomic E-state index is 0.0820. The molecule has 0 spiro atoms. The summed E-state index contributed by atoms with van der Waals surface area (Å²) in [5, 5.41) is 20.4. The molecule has 1 unspecified atom stereocenters. The summed E-state index contributed by atoms with van der Waals surface area (Å²) >= 11 is 0. The van der Waals surface area contributed by atoms with Gasteiger partial charge in [0.2, 0.25) is 0 Å². The van der Waals surface area contributed by atoms with Gasteiger partial charge in [-0.25, -0.2) is 0 Å². The Morgan fingerprint density at radius 2 is 1.87 bits per heavy atom. The highest BCUT2D eigenvalue weighted by molar-refractivity contribution is 6.01. The standard InChI is InChI=1S/C27H42O3/c1-17(6-11-24(29)25(2,3)30)21-9-10-22-20-8-7-18-16-19(28)12-14-26(18,4)23(20)13-15-27(21,22)5/h12,14,16-17,20-24,29-30H,6-11,13,15H2,1-5H3/t17-,20+,21-,22+,23+,24?,26+,27-/m1/s1. The molecular formula is C27H42O3. The third-order valence-corrected chi connectivity index (χ3v) is 10.0. The van der Waals surface area contributed by atoms with Crippen molar-refractivity contribution >= 4 is 5.78 Å². The summed E-state index contributed by atoms with van der Waals surface area (Å²) in [6, 6.07) is 0. The Morgan fingerprint density at radius 3 is 2.57 bits per heavy atom. The Hall–Kier alpha value is -0.930. The molecule has 4 rings (SSSR count). The Labute approximate surface area is 183 Å². The lowest BCUT2D eigenvalue weighted by molar-refractivity contribution is -0.111. The Bertz CT molecular complexity index is 744. The fraction of sp³-hybridized carbons (Fsp3) is 0.815. The third kappa shape index (κ3) is 3.54. The topological polar surface area (TPSA) is 57.5 Å². The van der Waals surface area contributed by atoms with Gasteiger partial charge in [0.05, 0.1) is 11.7 Å². The van der Waals surface area contributed by atoms with Gasteiger partial charge in [-0.2, -0.15) is 0 Å². The van der Waals surface area contributed by atoms with Gasteiger partial charge in [-0.05, 0) is 112 Å². The van der Waals surface area contributed by atoms with Crippen molar-refractivity contribution < 1.29 is 15.0 Å². The van der Waals surface area contributed by atoms with Crippen molar-refractivity contribution in [3.8, 4) is 0 Å². The van der Waals surface area contributed by atoms with E-state index in [1.54, 1.807) is 13.8 Å². The highest BCUT2D eigenvalue weighted by atomic mass is 16.3. The second-order valence-corrected chi connectivity index (χ2v) is 12.1. The van der Waals surface area contributed by atoms with Crippen molar-refractivity contribution in [2.75, 3.05) is 0 Å². The number of fused-ring (bicyclic) bond motifs is 5. The summed E-state index contributed by atoms with van der Waals surface area (Å²) < 4.78 is 0. The molecule has 0 aliphatic heterocycles. The smallest absolute Gasteiger partial charge is 0.178 e. The van der Waals surface area contributed by atoms with E-state index in [1.165, 1.54) is 37.7 Å². The quantitative estimate of drug-likeness (QED) is 0.628. The highest BCUT2D eigenvalue weighted by Gasteiger charge is 2.58. The maximum absolute atomic E-state index is 11.9. The average Bonchev–Trinajstić information content (AvgIpc) is 3.03. The predicted molar refractivity (Wildman–Crippen MR) is 121 cm³/mol. The van der Waals surface area contributed by atoms with Gasteiger partial charge < -0.3 is 10.2 Å². The zero-order chi connectivity index (χ0) is 21.9. The number of hydrogen-bond donors (Lipinski definition) is 2. The van der Waals surface area contributed by atoms with Crippen LogP contribution in [0.15, 0.2) is 23.8 Å². The number of rotatable bonds is 5. The number of ketones is 1. The Morgan fingerprint density at radius 1 is 1.13 bits per heavy atom. The maximum Gasteiger partial charge on any atom is 0.178 e. The minimum Gasteiger partial charge on any atom is -0.390 e. The monoisotopic (exact) mass is 414 g/mol. The maximum atomic E-state index is 11.9. The summed E-state index contributed by atoms with van der Waals surface area (Å²) in [5.74, 6) is 3.69. The normalized spacial score (nSPS) is 42.8. The SMILES string of the molecule is C[C@H](CCC(O)C(C)(C)O)[C@H]1CC[C@H]2[C@@H]3CCC4=CC(=O)C=C[C@]4(C)[C@H]3CC[C@]12C. The van der Waals surface area contributed by atoms with Crippen LogP contribution >= 0.6 is 0 Å². The van der Waals surface area contributed by atoms with Crippen LogP contribution in [0.3, 0.4) is 0 Å². The van der Waals surface area contributed by atoms with Crippen molar-refractivity contribution in [1.82, 2.24) is 0 Å². The van der Waals surface area contributed by atoms with Gasteiger partial charge in [0.25, 0.3) is 0 Å². The molecule has 0 aromatic heterocycles. The van der Waals surface area contributed by atoms with E-state index in [4.69, 9.17) is 0 Å². The largest absolute Gasteiger partial charge is 0.390 e. The first kappa shape index (κ1) is 22.3. The van der Waals surface area contributed by atoms with E-state index in [9.17, 15) is 15.0 Å². The van der Waals surface area contributed by atoms with Crippen molar-refractivity contribution in [2.45, 2.75) is 97.7 Å². The van der Waals surface area contributed by atoms with Gasteiger partial charge >= 0.3 is 0 Å². The molecular weight excluding hydrogens is 372 g/mol. The van der Waals surface area contributed by atoms with E-state index in [-0.39, 0.29) is 11.2 Å². The lowest BCUT2D eigenvalue weighted by atomic mass is 9.47. The third-order valence-electron chi connectivity index (χ3n) is 10.0. The fourth-order valence-electron chi connectivity index (χ4n) is 8.15. The van der Waals surface area contributed by atoms with Crippen LogP contribution in [0, 0.1) is 40.4 Å². The molecule has 3 fully saturated rings. The Balaban J connectivity index is 1.48. The molecule has 4 aliphatic rings. The van der Waals surface area contributed by atoms with Crippen LogP contribution in [0.1, 0.15) is 86.0 Å². The molecule has 30 heavy (non-hydrogen) atoms. The molecule has 0 amide bonds. The molecule has 0 aromatic rings. The van der Waals surface area contributed by atoms with E-state index >= 15 is 0 Å². The molecule has 8 atom stereocenters. The molecule has 0 saturated heterocycles. The fourth-order valence-corrected chi connectivity index (χ4v) is 8.15. The molecule has 3 nitrogen and oxygen atoms in total. The number of allylic oxidation sites excluding steroid dienone is 4. The van der Waals surface area contributed by atoms with Crippen LogP contribution in [-0.2, 0) is 4.79 Å². The van der Waals surface area contributed by atoms with E-state index in [0.717, 1.165) is 24.7 Å². The van der Waals surface area contributed by atoms with Gasteiger partial charge in [-0.3, -0.25) is 4.79 Å². The molecule has 4 aliphatic carbocycles. The second-order valence-electron chi connectivity index (χ2n) is 12.1. The van der Waals surface area contributed by atoms with Crippen LogP contribution < -0.4 is 0 Å². The highest BCUT2D eigenvalue weighted by Crippen LogP contribution is 2.67. The lowest BCUT2D eigenvalue weighted by Gasteiger charge is -2.57. The number of aliphatic hydroxyl groups excluding tert-OH is 1. The summed E-state index contributed by atoms with van der Waals surface area (Å²) in [5.41, 5.74) is 0.839. The van der Waals surface area contributed by atoms with Gasteiger partial charge in [-0.15, -0.1) is 0 Å². The summed E-state index contributed by atoms with van der Waals surface area (Å²) in [7, 11) is 0. The second kappa shape index (κ2) is 7.59. The first-order valence-corrected chi connectivity index (χ1v) is 12.3. The van der Waals surface area contributed by atoms with Gasteiger partial charge in [0.15, 0.2) is 5.78 Å². The van der Waals surface area contributed by atoms with Crippen LogP contribution in [0.2, 0.25) is 0 Å². The molecule has 0 radical (unpaired) electrons.